The van der Waals surface area contributed by atoms with E-state index in [-0.39, 0.29) is 11.7 Å². The molecule has 0 bridgehead atoms. The van der Waals surface area contributed by atoms with Crippen molar-refractivity contribution in [3.05, 3.63) is 36.2 Å². The van der Waals surface area contributed by atoms with Crippen molar-refractivity contribution in [2.24, 2.45) is 5.92 Å². The van der Waals surface area contributed by atoms with Crippen molar-refractivity contribution in [1.82, 2.24) is 0 Å². The Hall–Kier alpha value is -0.850. The molecule has 0 fully saturated rings. The largest absolute Gasteiger partial charge is 0.211 e. The summed E-state index contributed by atoms with van der Waals surface area (Å²) < 4.78 is 12.6. The summed E-state index contributed by atoms with van der Waals surface area (Å²) in [7, 11) is 0. The van der Waals surface area contributed by atoms with E-state index < -0.39 is 0 Å². The zero-order valence-corrected chi connectivity index (χ0v) is 5.39. The molecule has 0 aromatic carbocycles. The maximum Gasteiger partial charge on any atom is 0.107 e. The minimum atomic E-state index is -0.0949. The Labute approximate surface area is 54.4 Å². The van der Waals surface area contributed by atoms with Gasteiger partial charge in [0, 0.05) is 5.92 Å². The van der Waals surface area contributed by atoms with E-state index in [2.05, 4.69) is 6.58 Å². The molecular formula is C8H9F. The van der Waals surface area contributed by atoms with Gasteiger partial charge in [0.2, 0.25) is 0 Å². The van der Waals surface area contributed by atoms with Gasteiger partial charge in [-0.2, -0.15) is 0 Å². The fraction of sp³-hybridized carbons (Fsp3) is 0.250. The summed E-state index contributed by atoms with van der Waals surface area (Å²) in [5, 5.41) is 0. The van der Waals surface area contributed by atoms with Gasteiger partial charge < -0.3 is 0 Å². The van der Waals surface area contributed by atoms with Crippen LogP contribution in [-0.2, 0) is 0 Å². The molecule has 1 aliphatic carbocycles. The maximum atomic E-state index is 12.6. The van der Waals surface area contributed by atoms with Crippen molar-refractivity contribution in [2.45, 2.75) is 6.92 Å². The van der Waals surface area contributed by atoms with E-state index in [0.717, 1.165) is 5.57 Å². The highest BCUT2D eigenvalue weighted by molar-refractivity contribution is 5.35. The normalized spacial score (nSPS) is 26.2. The number of rotatable bonds is 0. The fourth-order valence-corrected chi connectivity index (χ4v) is 0.717. The summed E-state index contributed by atoms with van der Waals surface area (Å²) in [5.74, 6) is -0.155. The molecular weight excluding hydrogens is 115 g/mol. The van der Waals surface area contributed by atoms with Crippen LogP contribution >= 0.6 is 0 Å². The van der Waals surface area contributed by atoms with Gasteiger partial charge in [0.25, 0.3) is 0 Å². The van der Waals surface area contributed by atoms with E-state index in [1.165, 1.54) is 6.08 Å². The molecule has 48 valence electrons. The van der Waals surface area contributed by atoms with Crippen molar-refractivity contribution in [1.29, 1.82) is 0 Å². The van der Waals surface area contributed by atoms with Crippen LogP contribution < -0.4 is 0 Å². The van der Waals surface area contributed by atoms with E-state index in [1.807, 2.05) is 13.0 Å². The maximum absolute atomic E-state index is 12.6. The average molecular weight is 124 g/mol. The Morgan fingerprint density at radius 2 is 2.33 bits per heavy atom. The lowest BCUT2D eigenvalue weighted by Gasteiger charge is -2.07. The Morgan fingerprint density at radius 1 is 1.67 bits per heavy atom. The summed E-state index contributed by atoms with van der Waals surface area (Å²) in [6, 6.07) is 0. The molecule has 0 amide bonds. The first kappa shape index (κ1) is 6.27. The van der Waals surface area contributed by atoms with Gasteiger partial charge in [0.05, 0.1) is 0 Å². The minimum absolute atomic E-state index is 0.0597. The van der Waals surface area contributed by atoms with Crippen LogP contribution in [0.15, 0.2) is 36.2 Å². The van der Waals surface area contributed by atoms with Gasteiger partial charge in [-0.1, -0.05) is 25.7 Å². The molecule has 0 aromatic rings. The SMILES string of the molecule is C=C1C=CC(C)C(F)=C1. The number of hydrogen-bond acceptors (Lipinski definition) is 0. The summed E-state index contributed by atoms with van der Waals surface area (Å²) >= 11 is 0. The van der Waals surface area contributed by atoms with Crippen LogP contribution in [0, 0.1) is 5.92 Å². The molecule has 1 aliphatic rings. The highest BCUT2D eigenvalue weighted by atomic mass is 19.1. The first-order chi connectivity index (χ1) is 4.20. The van der Waals surface area contributed by atoms with E-state index in [9.17, 15) is 4.39 Å². The van der Waals surface area contributed by atoms with Gasteiger partial charge >= 0.3 is 0 Å². The lowest BCUT2D eigenvalue weighted by Crippen LogP contribution is -1.94. The predicted octanol–water partition coefficient (Wildman–Crippen LogP) is 2.60. The molecule has 0 radical (unpaired) electrons. The Morgan fingerprint density at radius 3 is 2.78 bits per heavy atom. The van der Waals surface area contributed by atoms with Gasteiger partial charge in [-0.05, 0) is 11.6 Å². The highest BCUT2D eigenvalue weighted by Gasteiger charge is 2.07. The van der Waals surface area contributed by atoms with Crippen LogP contribution in [0.5, 0.6) is 0 Å². The fourth-order valence-electron chi connectivity index (χ4n) is 0.717. The lowest BCUT2D eigenvalue weighted by atomic mass is 10.0. The summed E-state index contributed by atoms with van der Waals surface area (Å²) in [6.07, 6.45) is 5.09. The topological polar surface area (TPSA) is 0 Å². The summed E-state index contributed by atoms with van der Waals surface area (Å²) in [5.41, 5.74) is 0.741. The van der Waals surface area contributed by atoms with Crippen LogP contribution in [0.25, 0.3) is 0 Å². The van der Waals surface area contributed by atoms with Gasteiger partial charge in [0.15, 0.2) is 0 Å². The second-order valence-corrected chi connectivity index (χ2v) is 2.25. The molecule has 0 aliphatic heterocycles. The van der Waals surface area contributed by atoms with Crippen molar-refractivity contribution in [3.8, 4) is 0 Å². The molecule has 9 heavy (non-hydrogen) atoms. The quantitative estimate of drug-likeness (QED) is 0.465. The second kappa shape index (κ2) is 2.18. The molecule has 0 aromatic heterocycles. The summed E-state index contributed by atoms with van der Waals surface area (Å²) in [6.45, 7) is 5.41. The van der Waals surface area contributed by atoms with Crippen LogP contribution in [0.2, 0.25) is 0 Å². The van der Waals surface area contributed by atoms with Gasteiger partial charge in [-0.15, -0.1) is 0 Å². The lowest BCUT2D eigenvalue weighted by molar-refractivity contribution is 0.545. The van der Waals surface area contributed by atoms with E-state index in [4.69, 9.17) is 0 Å². The predicted molar refractivity (Wildman–Crippen MR) is 36.6 cm³/mol. The Balaban J connectivity index is 2.82. The zero-order chi connectivity index (χ0) is 6.85. The van der Waals surface area contributed by atoms with Crippen molar-refractivity contribution < 1.29 is 4.39 Å². The Bertz CT molecular complexity index is 187. The van der Waals surface area contributed by atoms with Crippen molar-refractivity contribution in [3.63, 3.8) is 0 Å². The van der Waals surface area contributed by atoms with E-state index in [1.54, 1.807) is 6.08 Å². The third-order valence-corrected chi connectivity index (χ3v) is 1.36. The first-order valence-electron chi connectivity index (χ1n) is 2.94. The number of hydrogen-bond donors (Lipinski definition) is 0. The van der Waals surface area contributed by atoms with Crippen LogP contribution in [0.1, 0.15) is 6.92 Å². The van der Waals surface area contributed by atoms with Crippen LogP contribution in [0.3, 0.4) is 0 Å². The Kier molecular flexibility index (Phi) is 1.52. The van der Waals surface area contributed by atoms with Crippen LogP contribution in [0.4, 0.5) is 4.39 Å². The summed E-state index contributed by atoms with van der Waals surface area (Å²) in [4.78, 5) is 0. The molecule has 1 heteroatoms. The average Bonchev–Trinajstić information content (AvgIpc) is 1.80. The van der Waals surface area contributed by atoms with Crippen molar-refractivity contribution >= 4 is 0 Å². The highest BCUT2D eigenvalue weighted by Crippen LogP contribution is 2.20. The number of allylic oxidation sites excluding steroid dienone is 5. The number of halogens is 1. The van der Waals surface area contributed by atoms with Gasteiger partial charge in [-0.3, -0.25) is 0 Å². The van der Waals surface area contributed by atoms with Crippen molar-refractivity contribution in [2.75, 3.05) is 0 Å². The molecule has 0 spiro atoms. The molecule has 1 rings (SSSR count). The third kappa shape index (κ3) is 1.28. The molecule has 0 saturated heterocycles. The molecule has 1 unspecified atom stereocenters. The van der Waals surface area contributed by atoms with Gasteiger partial charge in [-0.25, -0.2) is 4.39 Å². The van der Waals surface area contributed by atoms with E-state index in [0.29, 0.717) is 0 Å². The van der Waals surface area contributed by atoms with E-state index >= 15 is 0 Å². The first-order valence-corrected chi connectivity index (χ1v) is 2.94. The second-order valence-electron chi connectivity index (χ2n) is 2.25. The molecule has 0 heterocycles. The minimum Gasteiger partial charge on any atom is -0.211 e. The smallest absolute Gasteiger partial charge is 0.107 e. The molecule has 1 atom stereocenters. The van der Waals surface area contributed by atoms with Crippen LogP contribution in [-0.4, -0.2) is 0 Å². The molecule has 0 saturated carbocycles. The standard InChI is InChI=1S/C8H9F/c1-6-3-4-7(2)8(9)5-6/h3-5,7H,1H2,2H3. The molecule has 0 N–H and O–H groups in total. The monoisotopic (exact) mass is 124 g/mol. The van der Waals surface area contributed by atoms with Gasteiger partial charge in [0.1, 0.15) is 5.83 Å². The molecule has 0 nitrogen and oxygen atoms in total. The zero-order valence-electron chi connectivity index (χ0n) is 5.39. The third-order valence-electron chi connectivity index (χ3n) is 1.36.